The largest absolute Gasteiger partial charge is 0.462 e. The van der Waals surface area contributed by atoms with Crippen molar-refractivity contribution < 1.29 is 28.6 Å². The van der Waals surface area contributed by atoms with Crippen molar-refractivity contribution in [3.63, 3.8) is 0 Å². The molecule has 2 saturated carbocycles. The second kappa shape index (κ2) is 7.26. The van der Waals surface area contributed by atoms with E-state index in [1.807, 2.05) is 0 Å². The molecule has 0 radical (unpaired) electrons. The molecule has 1 aromatic carbocycles. The fourth-order valence-electron chi connectivity index (χ4n) is 5.41. The molecule has 1 spiro atoms. The Bertz CT molecular complexity index is 1010. The number of aromatic nitrogens is 1. The van der Waals surface area contributed by atoms with Gasteiger partial charge in [-0.05, 0) is 88.6 Å². The number of fused-ring (bicyclic) bond motifs is 1. The summed E-state index contributed by atoms with van der Waals surface area (Å²) >= 11 is 0. The fraction of sp³-hybridized carbons (Fsp3) is 0.542. The van der Waals surface area contributed by atoms with E-state index in [0.29, 0.717) is 29.3 Å². The van der Waals surface area contributed by atoms with Crippen LogP contribution in [-0.4, -0.2) is 34.2 Å². The highest BCUT2D eigenvalue weighted by Crippen LogP contribution is 2.70. The lowest BCUT2D eigenvalue weighted by molar-refractivity contribution is -0.235. The van der Waals surface area contributed by atoms with Crippen molar-refractivity contribution in [1.82, 2.24) is 4.98 Å². The molecule has 4 rings (SSSR count). The summed E-state index contributed by atoms with van der Waals surface area (Å²) in [5.74, 6) is -1.52. The van der Waals surface area contributed by atoms with Crippen LogP contribution < -0.4 is 0 Å². The third-order valence-corrected chi connectivity index (χ3v) is 6.36. The highest BCUT2D eigenvalue weighted by Gasteiger charge is 2.72. The summed E-state index contributed by atoms with van der Waals surface area (Å²) in [7, 11) is 0. The second-order valence-electron chi connectivity index (χ2n) is 9.75. The quantitative estimate of drug-likeness (QED) is 0.571. The number of benzene rings is 1. The number of ether oxygens (including phenoxy) is 2. The maximum Gasteiger partial charge on any atom is 0.323 e. The highest BCUT2D eigenvalue weighted by atomic mass is 19.1. The van der Waals surface area contributed by atoms with Crippen molar-refractivity contribution in [3.05, 3.63) is 41.8 Å². The summed E-state index contributed by atoms with van der Waals surface area (Å²) in [6.45, 7) is 6.96. The molecule has 2 aliphatic rings. The van der Waals surface area contributed by atoms with Gasteiger partial charge >= 0.3 is 11.9 Å². The first kappa shape index (κ1) is 21.7. The van der Waals surface area contributed by atoms with Crippen LogP contribution in [0, 0.1) is 16.6 Å². The number of halogens is 1. The maximum absolute atomic E-state index is 13.8. The lowest BCUT2D eigenvalue weighted by atomic mass is 9.40. The summed E-state index contributed by atoms with van der Waals surface area (Å²) in [5.41, 5.74) is -1.62. The summed E-state index contributed by atoms with van der Waals surface area (Å²) < 4.78 is 24.6. The van der Waals surface area contributed by atoms with Crippen LogP contribution in [0.25, 0.3) is 10.9 Å². The van der Waals surface area contributed by atoms with Gasteiger partial charge in [-0.15, -0.1) is 0 Å². The van der Waals surface area contributed by atoms with Gasteiger partial charge in [0, 0.05) is 11.6 Å². The number of esters is 2. The Kier molecular flexibility index (Phi) is 5.08. The topological polar surface area (TPSA) is 85.7 Å². The standard InChI is InChI=1S/C24H28FNO5/c1-14(2)30-20(27)23(21(28)31-15(3)4)10-22(11-23)12-24(29,13-22)18-7-8-26-19-6-5-16(25)9-17(18)19/h5-9,14-15,29H,10-13H2,1-4H3. The number of rotatable bonds is 5. The molecule has 1 heterocycles. The number of hydrogen-bond donors (Lipinski definition) is 1. The normalized spacial score (nSPS) is 20.4. The molecule has 0 atom stereocenters. The molecule has 1 N–H and O–H groups in total. The Morgan fingerprint density at radius 2 is 1.58 bits per heavy atom. The van der Waals surface area contributed by atoms with Crippen LogP contribution in [0.1, 0.15) is 58.9 Å². The number of hydrogen-bond acceptors (Lipinski definition) is 6. The lowest BCUT2D eigenvalue weighted by Gasteiger charge is -2.64. The molecule has 166 valence electrons. The molecule has 2 aliphatic carbocycles. The van der Waals surface area contributed by atoms with Gasteiger partial charge in [-0.25, -0.2) is 4.39 Å². The van der Waals surface area contributed by atoms with E-state index < -0.39 is 28.8 Å². The van der Waals surface area contributed by atoms with Gasteiger partial charge in [0.05, 0.1) is 23.3 Å². The van der Waals surface area contributed by atoms with E-state index in [1.165, 1.54) is 12.1 Å². The molecule has 2 fully saturated rings. The summed E-state index contributed by atoms with van der Waals surface area (Å²) in [4.78, 5) is 29.9. The van der Waals surface area contributed by atoms with Crippen molar-refractivity contribution in [3.8, 4) is 0 Å². The smallest absolute Gasteiger partial charge is 0.323 e. The average Bonchev–Trinajstić information content (AvgIpc) is 2.61. The SMILES string of the molecule is CC(C)OC(=O)C1(C(=O)OC(C)C)CC2(C1)CC(O)(c1ccnc3ccc(F)cc13)C2. The first-order valence-electron chi connectivity index (χ1n) is 10.7. The zero-order valence-corrected chi connectivity index (χ0v) is 18.3. The van der Waals surface area contributed by atoms with E-state index >= 15 is 0 Å². The van der Waals surface area contributed by atoms with Gasteiger partial charge in [-0.3, -0.25) is 14.6 Å². The van der Waals surface area contributed by atoms with Gasteiger partial charge in [0.1, 0.15) is 5.82 Å². The van der Waals surface area contributed by atoms with E-state index in [4.69, 9.17) is 9.47 Å². The van der Waals surface area contributed by atoms with Crippen molar-refractivity contribution in [1.29, 1.82) is 0 Å². The van der Waals surface area contributed by atoms with E-state index in [2.05, 4.69) is 4.98 Å². The number of aliphatic hydroxyl groups is 1. The minimum atomic E-state index is -1.33. The monoisotopic (exact) mass is 429 g/mol. The van der Waals surface area contributed by atoms with Gasteiger partial charge < -0.3 is 14.6 Å². The number of nitrogens with zero attached hydrogens (tertiary/aromatic N) is 1. The maximum atomic E-state index is 13.8. The molecular formula is C24H28FNO5. The first-order chi connectivity index (χ1) is 14.5. The van der Waals surface area contributed by atoms with Crippen LogP contribution in [0.15, 0.2) is 30.5 Å². The summed E-state index contributed by atoms with van der Waals surface area (Å²) in [6.07, 6.45) is 2.22. The molecule has 0 amide bonds. The first-order valence-corrected chi connectivity index (χ1v) is 10.7. The Labute approximate surface area is 180 Å². The second-order valence-corrected chi connectivity index (χ2v) is 9.75. The Morgan fingerprint density at radius 3 is 2.13 bits per heavy atom. The number of carbonyl (C=O) groups excluding carboxylic acids is 2. The van der Waals surface area contributed by atoms with E-state index in [9.17, 15) is 19.1 Å². The molecular weight excluding hydrogens is 401 g/mol. The molecule has 0 saturated heterocycles. The number of pyridine rings is 1. The van der Waals surface area contributed by atoms with Gasteiger partial charge in [0.2, 0.25) is 0 Å². The molecule has 0 bridgehead atoms. The minimum absolute atomic E-state index is 0.275. The molecule has 6 nitrogen and oxygen atoms in total. The third kappa shape index (κ3) is 3.59. The third-order valence-electron chi connectivity index (χ3n) is 6.36. The predicted molar refractivity (Wildman–Crippen MR) is 111 cm³/mol. The average molecular weight is 429 g/mol. The van der Waals surface area contributed by atoms with Gasteiger partial charge in [-0.2, -0.15) is 0 Å². The van der Waals surface area contributed by atoms with Crippen molar-refractivity contribution in [2.75, 3.05) is 0 Å². The van der Waals surface area contributed by atoms with Crippen molar-refractivity contribution >= 4 is 22.8 Å². The van der Waals surface area contributed by atoms with Crippen molar-refractivity contribution in [2.45, 2.75) is 71.2 Å². The minimum Gasteiger partial charge on any atom is -0.462 e. The molecule has 2 aromatic rings. The Balaban J connectivity index is 1.57. The molecule has 0 aliphatic heterocycles. The zero-order valence-electron chi connectivity index (χ0n) is 18.3. The Hall–Kier alpha value is -2.54. The van der Waals surface area contributed by atoms with Crippen LogP contribution in [0.4, 0.5) is 4.39 Å². The fourth-order valence-corrected chi connectivity index (χ4v) is 5.41. The summed E-state index contributed by atoms with van der Waals surface area (Å²) in [5, 5.41) is 11.9. The predicted octanol–water partition coefficient (Wildman–Crippen LogP) is 4.03. The molecule has 1 aromatic heterocycles. The van der Waals surface area contributed by atoms with Gasteiger partial charge in [0.25, 0.3) is 0 Å². The zero-order chi connectivity index (χ0) is 22.6. The van der Waals surface area contributed by atoms with Gasteiger partial charge in [-0.1, -0.05) is 0 Å². The van der Waals surface area contributed by atoms with Crippen LogP contribution >= 0.6 is 0 Å². The van der Waals surface area contributed by atoms with Crippen LogP contribution in [0.2, 0.25) is 0 Å². The summed E-state index contributed by atoms with van der Waals surface area (Å²) in [6, 6.07) is 6.02. The lowest BCUT2D eigenvalue weighted by Crippen LogP contribution is -2.65. The van der Waals surface area contributed by atoms with Crippen LogP contribution in [0.3, 0.4) is 0 Å². The van der Waals surface area contributed by atoms with E-state index in [-0.39, 0.29) is 30.5 Å². The Morgan fingerprint density at radius 1 is 1.00 bits per heavy atom. The highest BCUT2D eigenvalue weighted by molar-refractivity contribution is 6.01. The molecule has 31 heavy (non-hydrogen) atoms. The van der Waals surface area contributed by atoms with Crippen molar-refractivity contribution in [2.24, 2.45) is 10.8 Å². The van der Waals surface area contributed by atoms with E-state index in [0.717, 1.165) is 0 Å². The molecule has 7 heteroatoms. The van der Waals surface area contributed by atoms with E-state index in [1.54, 1.807) is 46.0 Å². The molecule has 0 unspecified atom stereocenters. The number of carbonyl (C=O) groups is 2. The van der Waals surface area contributed by atoms with Crippen LogP contribution in [-0.2, 0) is 24.7 Å². The van der Waals surface area contributed by atoms with Gasteiger partial charge in [0.15, 0.2) is 5.41 Å². The van der Waals surface area contributed by atoms with Crippen LogP contribution in [0.5, 0.6) is 0 Å².